The van der Waals surface area contributed by atoms with Crippen molar-refractivity contribution in [1.82, 2.24) is 25.2 Å². The van der Waals surface area contributed by atoms with Gasteiger partial charge in [-0.05, 0) is 60.0 Å². The summed E-state index contributed by atoms with van der Waals surface area (Å²) in [5.41, 5.74) is 5.14. The number of hydrogen-bond acceptors (Lipinski definition) is 7. The van der Waals surface area contributed by atoms with Crippen molar-refractivity contribution in [2.24, 2.45) is 0 Å². The molecule has 28 heavy (non-hydrogen) atoms. The van der Waals surface area contributed by atoms with Gasteiger partial charge in [0, 0.05) is 0 Å². The van der Waals surface area contributed by atoms with Gasteiger partial charge < -0.3 is 5.32 Å². The summed E-state index contributed by atoms with van der Waals surface area (Å²) in [5, 5.41) is 16.0. The summed E-state index contributed by atoms with van der Waals surface area (Å²) in [6.45, 7) is 6.06. The Morgan fingerprint density at radius 3 is 2.75 bits per heavy atom. The molecule has 0 aliphatic heterocycles. The molecule has 1 N–H and O–H groups in total. The molecule has 0 spiro atoms. The molecule has 0 saturated heterocycles. The van der Waals surface area contributed by atoms with Crippen LogP contribution < -0.4 is 5.32 Å². The SMILES string of the molecule is Cc1ccc2nc(NC(=O)CSc3nnnn3-c3c(C)cccc3C)sc2c1. The average molecular weight is 411 g/mol. The van der Waals surface area contributed by atoms with Crippen LogP contribution >= 0.6 is 23.1 Å². The number of amides is 1. The van der Waals surface area contributed by atoms with E-state index in [0.717, 1.165) is 27.0 Å². The fourth-order valence-electron chi connectivity index (χ4n) is 2.92. The lowest BCUT2D eigenvalue weighted by Crippen LogP contribution is -2.14. The maximum absolute atomic E-state index is 12.4. The molecule has 0 radical (unpaired) electrons. The Hall–Kier alpha value is -2.78. The van der Waals surface area contributed by atoms with Gasteiger partial charge in [0.2, 0.25) is 11.1 Å². The number of aryl methyl sites for hydroxylation is 3. The summed E-state index contributed by atoms with van der Waals surface area (Å²) >= 11 is 2.76. The van der Waals surface area contributed by atoms with Gasteiger partial charge in [0.15, 0.2) is 5.13 Å². The second-order valence-corrected chi connectivity index (χ2v) is 8.41. The van der Waals surface area contributed by atoms with E-state index in [1.54, 1.807) is 4.68 Å². The van der Waals surface area contributed by atoms with E-state index in [1.807, 2.05) is 51.1 Å². The number of nitrogens with one attached hydrogen (secondary N) is 1. The fraction of sp³-hybridized carbons (Fsp3) is 0.211. The number of nitrogens with zero attached hydrogens (tertiary/aromatic N) is 5. The lowest BCUT2D eigenvalue weighted by molar-refractivity contribution is -0.113. The molecule has 2 heterocycles. The van der Waals surface area contributed by atoms with E-state index < -0.39 is 0 Å². The quantitative estimate of drug-likeness (QED) is 0.502. The van der Waals surface area contributed by atoms with E-state index in [0.29, 0.717) is 10.3 Å². The molecule has 0 fully saturated rings. The van der Waals surface area contributed by atoms with Crippen LogP contribution in [0.5, 0.6) is 0 Å². The van der Waals surface area contributed by atoms with Crippen molar-refractivity contribution in [3.05, 3.63) is 53.1 Å². The highest BCUT2D eigenvalue weighted by molar-refractivity contribution is 7.99. The van der Waals surface area contributed by atoms with Gasteiger partial charge in [0.25, 0.3) is 0 Å². The molecule has 0 bridgehead atoms. The molecule has 0 atom stereocenters. The normalized spacial score (nSPS) is 11.1. The average Bonchev–Trinajstić information content (AvgIpc) is 3.26. The van der Waals surface area contributed by atoms with Crippen LogP contribution in [0.2, 0.25) is 0 Å². The van der Waals surface area contributed by atoms with Gasteiger partial charge in [0.1, 0.15) is 0 Å². The van der Waals surface area contributed by atoms with Gasteiger partial charge in [0.05, 0.1) is 21.7 Å². The molecule has 2 aromatic heterocycles. The Kier molecular flexibility index (Phi) is 5.10. The van der Waals surface area contributed by atoms with Gasteiger partial charge in [-0.25, -0.2) is 4.98 Å². The number of benzene rings is 2. The number of rotatable bonds is 5. The Labute approximate surface area is 170 Å². The molecule has 7 nitrogen and oxygen atoms in total. The van der Waals surface area contributed by atoms with E-state index in [4.69, 9.17) is 0 Å². The van der Waals surface area contributed by atoms with Crippen molar-refractivity contribution in [1.29, 1.82) is 0 Å². The minimum absolute atomic E-state index is 0.142. The predicted molar refractivity (Wildman–Crippen MR) is 112 cm³/mol. The van der Waals surface area contributed by atoms with Gasteiger partial charge in [-0.3, -0.25) is 4.79 Å². The minimum atomic E-state index is -0.142. The molecule has 2 aromatic carbocycles. The molecule has 0 aliphatic carbocycles. The number of fused-ring (bicyclic) bond motifs is 1. The number of tetrazole rings is 1. The molecule has 4 rings (SSSR count). The van der Waals surface area contributed by atoms with Crippen molar-refractivity contribution in [3.8, 4) is 5.69 Å². The zero-order valence-electron chi connectivity index (χ0n) is 15.6. The highest BCUT2D eigenvalue weighted by Gasteiger charge is 2.15. The first-order valence-corrected chi connectivity index (χ1v) is 10.5. The van der Waals surface area contributed by atoms with E-state index in [2.05, 4.69) is 31.9 Å². The van der Waals surface area contributed by atoms with Crippen molar-refractivity contribution in [2.75, 3.05) is 11.1 Å². The first-order valence-electron chi connectivity index (χ1n) is 8.66. The second kappa shape index (κ2) is 7.69. The van der Waals surface area contributed by atoms with E-state index in [1.165, 1.54) is 28.7 Å². The smallest absolute Gasteiger partial charge is 0.236 e. The van der Waals surface area contributed by atoms with E-state index in [-0.39, 0.29) is 11.7 Å². The molecule has 142 valence electrons. The van der Waals surface area contributed by atoms with Crippen molar-refractivity contribution in [2.45, 2.75) is 25.9 Å². The summed E-state index contributed by atoms with van der Waals surface area (Å²) in [6, 6.07) is 12.1. The molecule has 1 amide bonds. The van der Waals surface area contributed by atoms with Gasteiger partial charge in [-0.1, -0.05) is 47.4 Å². The van der Waals surface area contributed by atoms with Crippen LogP contribution in [0.4, 0.5) is 5.13 Å². The lowest BCUT2D eigenvalue weighted by Gasteiger charge is -2.10. The van der Waals surface area contributed by atoms with Gasteiger partial charge in [-0.2, -0.15) is 4.68 Å². The summed E-state index contributed by atoms with van der Waals surface area (Å²) in [7, 11) is 0. The molecule has 0 saturated carbocycles. The summed E-state index contributed by atoms with van der Waals surface area (Å²) in [4.78, 5) is 16.8. The van der Waals surface area contributed by atoms with Crippen molar-refractivity contribution < 1.29 is 4.79 Å². The van der Waals surface area contributed by atoms with Crippen LogP contribution in [0.1, 0.15) is 16.7 Å². The maximum atomic E-state index is 12.4. The highest BCUT2D eigenvalue weighted by atomic mass is 32.2. The predicted octanol–water partition coefficient (Wildman–Crippen LogP) is 3.93. The van der Waals surface area contributed by atoms with Crippen LogP contribution in [0.3, 0.4) is 0 Å². The van der Waals surface area contributed by atoms with Crippen LogP contribution in [-0.2, 0) is 4.79 Å². The Balaban J connectivity index is 1.46. The molecule has 0 aliphatic rings. The summed E-state index contributed by atoms with van der Waals surface area (Å²) in [6.07, 6.45) is 0. The topological polar surface area (TPSA) is 85.6 Å². The monoisotopic (exact) mass is 410 g/mol. The van der Waals surface area contributed by atoms with Crippen molar-refractivity contribution in [3.63, 3.8) is 0 Å². The number of carbonyl (C=O) groups excluding carboxylic acids is 1. The lowest BCUT2D eigenvalue weighted by atomic mass is 10.1. The first kappa shape index (κ1) is 18.6. The number of thioether (sulfide) groups is 1. The number of para-hydroxylation sites is 1. The Bertz CT molecular complexity index is 1150. The fourth-order valence-corrected chi connectivity index (χ4v) is 4.58. The second-order valence-electron chi connectivity index (χ2n) is 6.44. The Morgan fingerprint density at radius 1 is 1.18 bits per heavy atom. The zero-order valence-corrected chi connectivity index (χ0v) is 17.3. The minimum Gasteiger partial charge on any atom is -0.301 e. The van der Waals surface area contributed by atoms with Crippen LogP contribution in [0.25, 0.3) is 15.9 Å². The van der Waals surface area contributed by atoms with Gasteiger partial charge >= 0.3 is 0 Å². The van der Waals surface area contributed by atoms with Crippen LogP contribution in [0.15, 0.2) is 41.6 Å². The highest BCUT2D eigenvalue weighted by Crippen LogP contribution is 2.27. The van der Waals surface area contributed by atoms with Crippen LogP contribution in [-0.4, -0.2) is 36.9 Å². The van der Waals surface area contributed by atoms with E-state index in [9.17, 15) is 4.79 Å². The third-order valence-corrected chi connectivity index (χ3v) is 6.07. The summed E-state index contributed by atoms with van der Waals surface area (Å²) in [5.74, 6) is 0.0529. The number of thiazole rings is 1. The van der Waals surface area contributed by atoms with Crippen molar-refractivity contribution >= 4 is 44.4 Å². The third kappa shape index (κ3) is 3.76. The maximum Gasteiger partial charge on any atom is 0.236 e. The van der Waals surface area contributed by atoms with Crippen LogP contribution in [0, 0.1) is 20.8 Å². The molecule has 4 aromatic rings. The van der Waals surface area contributed by atoms with E-state index >= 15 is 0 Å². The number of hydrogen-bond donors (Lipinski definition) is 1. The Morgan fingerprint density at radius 2 is 1.96 bits per heavy atom. The third-order valence-electron chi connectivity index (χ3n) is 4.21. The number of aromatic nitrogens is 5. The first-order chi connectivity index (χ1) is 13.5. The molecular formula is C19H18N6OS2. The standard InChI is InChI=1S/C19H18N6OS2/c1-11-7-8-14-15(9-11)28-18(20-14)21-16(26)10-27-19-22-23-24-25(19)17-12(2)5-4-6-13(17)3/h4-9H,10H2,1-3H3,(H,20,21,26). The molecule has 9 heteroatoms. The zero-order chi connectivity index (χ0) is 19.7. The number of carbonyl (C=O) groups is 1. The summed E-state index contributed by atoms with van der Waals surface area (Å²) < 4.78 is 2.74. The molecule has 0 unspecified atom stereocenters. The van der Waals surface area contributed by atoms with Gasteiger partial charge in [-0.15, -0.1) is 5.10 Å². The largest absolute Gasteiger partial charge is 0.301 e. The molecular weight excluding hydrogens is 392 g/mol. The number of anilines is 1.